The second-order valence-corrected chi connectivity index (χ2v) is 11.5. The summed E-state index contributed by atoms with van der Waals surface area (Å²) in [5.41, 5.74) is 1.17. The van der Waals surface area contributed by atoms with Crippen molar-refractivity contribution >= 4 is 103 Å². The van der Waals surface area contributed by atoms with Crippen molar-refractivity contribution in [2.75, 3.05) is 0 Å². The van der Waals surface area contributed by atoms with Crippen molar-refractivity contribution in [3.63, 3.8) is 0 Å². The van der Waals surface area contributed by atoms with Crippen molar-refractivity contribution in [2.45, 2.75) is 0 Å². The van der Waals surface area contributed by atoms with Crippen LogP contribution in [-0.2, 0) is 9.53 Å². The molecule has 0 atom stereocenters. The van der Waals surface area contributed by atoms with Crippen LogP contribution < -0.4 is 0 Å². The summed E-state index contributed by atoms with van der Waals surface area (Å²) >= 11 is 16.2. The molecule has 0 saturated heterocycles. The smallest absolute Gasteiger partial charge is 0.348 e. The van der Waals surface area contributed by atoms with Crippen LogP contribution in [0.2, 0.25) is 0 Å². The molecule has 3 aromatic carbocycles. The molecule has 1 aliphatic rings. The monoisotopic (exact) mass is 790 g/mol. The third-order valence-corrected chi connectivity index (χ3v) is 8.04. The number of carbonyl (C=O) groups excluding carboxylic acids is 2. The molecule has 0 aromatic heterocycles. The average Bonchev–Trinajstić information content (AvgIpc) is 3.12. The molecular formula is C24H11Br5O6. The summed E-state index contributed by atoms with van der Waals surface area (Å²) in [6.45, 7) is 0. The molecular weight excluding hydrogens is 784 g/mol. The van der Waals surface area contributed by atoms with Crippen molar-refractivity contribution < 1.29 is 29.6 Å². The quantitative estimate of drug-likeness (QED) is 0.141. The largest absolute Gasteiger partial charge is 0.507 e. The van der Waals surface area contributed by atoms with E-state index in [2.05, 4.69) is 79.6 Å². The minimum absolute atomic E-state index is 0.00754. The standard InChI is InChI=1S/C24H11Br5O6/c25-12-6-10(1-2-17(12)30)19-18(5-9-3-13(26)22(32)14(27)4-9)35-24(34)20(19)21(31)11-7-15(28)23(33)16(29)8-11/h1-8,30,32-33H/b18-5-. The third kappa shape index (κ3) is 5.15. The molecule has 1 aliphatic heterocycles. The lowest BCUT2D eigenvalue weighted by Crippen LogP contribution is -2.11. The van der Waals surface area contributed by atoms with Crippen molar-refractivity contribution in [3.05, 3.63) is 92.9 Å². The number of hydrogen-bond acceptors (Lipinski definition) is 6. The summed E-state index contributed by atoms with van der Waals surface area (Å²) < 4.78 is 7.26. The molecule has 0 amide bonds. The van der Waals surface area contributed by atoms with Gasteiger partial charge in [0.15, 0.2) is 0 Å². The third-order valence-electron chi connectivity index (χ3n) is 4.98. The van der Waals surface area contributed by atoms with Crippen molar-refractivity contribution in [2.24, 2.45) is 0 Å². The fourth-order valence-corrected chi connectivity index (χ4v) is 6.13. The number of esters is 1. The van der Waals surface area contributed by atoms with Gasteiger partial charge in [0, 0.05) is 11.1 Å². The Morgan fingerprint density at radius 3 is 1.86 bits per heavy atom. The molecule has 1 heterocycles. The van der Waals surface area contributed by atoms with E-state index in [4.69, 9.17) is 4.74 Å². The van der Waals surface area contributed by atoms with Crippen molar-refractivity contribution in [3.8, 4) is 17.2 Å². The normalized spacial score (nSPS) is 14.5. The number of allylic oxidation sites excluding steroid dienone is 1. The van der Waals surface area contributed by atoms with Crippen molar-refractivity contribution in [1.29, 1.82) is 0 Å². The number of aromatic hydroxyl groups is 3. The highest BCUT2D eigenvalue weighted by molar-refractivity contribution is 9.11. The Labute approximate surface area is 241 Å². The van der Waals surface area contributed by atoms with Crippen LogP contribution in [0.3, 0.4) is 0 Å². The number of cyclic esters (lactones) is 1. The zero-order chi connectivity index (χ0) is 25.6. The zero-order valence-electron chi connectivity index (χ0n) is 17.1. The topological polar surface area (TPSA) is 104 Å². The fraction of sp³-hybridized carbons (Fsp3) is 0. The number of Topliss-reactive ketones (excluding diaryl/α,β-unsaturated/α-hetero) is 1. The van der Waals surface area contributed by atoms with Gasteiger partial charge in [-0.15, -0.1) is 0 Å². The van der Waals surface area contributed by atoms with Crippen LogP contribution in [0.25, 0.3) is 11.6 Å². The summed E-state index contributed by atoms with van der Waals surface area (Å²) in [5, 5.41) is 30.0. The van der Waals surface area contributed by atoms with E-state index >= 15 is 0 Å². The minimum atomic E-state index is -0.849. The van der Waals surface area contributed by atoms with Crippen LogP contribution in [0.5, 0.6) is 17.2 Å². The number of benzene rings is 3. The van der Waals surface area contributed by atoms with Gasteiger partial charge in [-0.05, 0) is 133 Å². The van der Waals surface area contributed by atoms with E-state index in [-0.39, 0.29) is 48.7 Å². The molecule has 178 valence electrons. The summed E-state index contributed by atoms with van der Waals surface area (Å²) in [6.07, 6.45) is 1.56. The van der Waals surface area contributed by atoms with Gasteiger partial charge in [-0.3, -0.25) is 4.79 Å². The van der Waals surface area contributed by atoms with Gasteiger partial charge in [-0.2, -0.15) is 0 Å². The number of halogens is 5. The second kappa shape index (κ2) is 10.2. The maximum Gasteiger partial charge on any atom is 0.348 e. The van der Waals surface area contributed by atoms with Crippen molar-refractivity contribution in [1.82, 2.24) is 0 Å². The summed E-state index contributed by atoms with van der Waals surface area (Å²) in [5.74, 6) is -1.46. The highest BCUT2D eigenvalue weighted by Crippen LogP contribution is 2.42. The molecule has 0 aliphatic carbocycles. The van der Waals surface area contributed by atoms with Gasteiger partial charge in [0.25, 0.3) is 0 Å². The lowest BCUT2D eigenvalue weighted by molar-refractivity contribution is -0.132. The van der Waals surface area contributed by atoms with Crippen LogP contribution in [0.1, 0.15) is 21.5 Å². The first-order valence-corrected chi connectivity index (χ1v) is 13.5. The summed E-state index contributed by atoms with van der Waals surface area (Å²) in [4.78, 5) is 26.6. The second-order valence-electron chi connectivity index (χ2n) is 7.27. The Balaban J connectivity index is 1.96. The molecule has 3 aromatic rings. The van der Waals surface area contributed by atoms with E-state index in [9.17, 15) is 24.9 Å². The molecule has 0 spiro atoms. The lowest BCUT2D eigenvalue weighted by atomic mass is 9.93. The first-order valence-electron chi connectivity index (χ1n) is 9.56. The van der Waals surface area contributed by atoms with Gasteiger partial charge in [-0.25, -0.2) is 4.79 Å². The lowest BCUT2D eigenvalue weighted by Gasteiger charge is -2.09. The van der Waals surface area contributed by atoms with E-state index in [1.165, 1.54) is 18.2 Å². The molecule has 0 fully saturated rings. The molecule has 0 unspecified atom stereocenters. The Morgan fingerprint density at radius 1 is 0.771 bits per heavy atom. The van der Waals surface area contributed by atoms with Gasteiger partial charge in [0.2, 0.25) is 5.78 Å². The molecule has 35 heavy (non-hydrogen) atoms. The Bertz CT molecular complexity index is 1450. The molecule has 6 nitrogen and oxygen atoms in total. The average molecular weight is 795 g/mol. The maximum atomic E-state index is 13.5. The minimum Gasteiger partial charge on any atom is -0.507 e. The highest BCUT2D eigenvalue weighted by Gasteiger charge is 2.36. The van der Waals surface area contributed by atoms with Crippen LogP contribution in [0.4, 0.5) is 0 Å². The molecule has 3 N–H and O–H groups in total. The Hall–Kier alpha value is -1.92. The van der Waals surface area contributed by atoms with E-state index in [0.717, 1.165) is 0 Å². The molecule has 0 bridgehead atoms. The SMILES string of the molecule is O=C1O/C(=C\c2cc(Br)c(O)c(Br)c2)C(c2ccc(O)c(Br)c2)=C1C(=O)c1cc(Br)c(O)c(Br)c1. The van der Waals surface area contributed by atoms with E-state index in [0.29, 0.717) is 24.5 Å². The first kappa shape index (κ1) is 26.2. The number of phenols is 3. The highest BCUT2D eigenvalue weighted by atomic mass is 79.9. The molecule has 0 saturated carbocycles. The number of rotatable bonds is 4. The number of carbonyl (C=O) groups is 2. The van der Waals surface area contributed by atoms with Gasteiger partial charge in [0.05, 0.1) is 22.4 Å². The number of ketones is 1. The molecule has 11 heteroatoms. The van der Waals surface area contributed by atoms with Gasteiger partial charge >= 0.3 is 5.97 Å². The van der Waals surface area contributed by atoms with Crippen LogP contribution in [-0.4, -0.2) is 27.1 Å². The van der Waals surface area contributed by atoms with Gasteiger partial charge in [-0.1, -0.05) is 6.07 Å². The molecule has 0 radical (unpaired) electrons. The Morgan fingerprint density at radius 2 is 1.31 bits per heavy atom. The maximum absolute atomic E-state index is 13.5. The van der Waals surface area contributed by atoms with E-state index < -0.39 is 11.8 Å². The number of ether oxygens (including phenoxy) is 1. The number of phenolic OH excluding ortho intramolecular Hbond substituents is 3. The fourth-order valence-electron chi connectivity index (χ4n) is 3.34. The van der Waals surface area contributed by atoms with Gasteiger partial charge in [0.1, 0.15) is 28.6 Å². The van der Waals surface area contributed by atoms with Crippen LogP contribution >= 0.6 is 79.6 Å². The van der Waals surface area contributed by atoms with E-state index in [1.807, 2.05) is 0 Å². The van der Waals surface area contributed by atoms with Crippen LogP contribution in [0, 0.1) is 0 Å². The van der Waals surface area contributed by atoms with Crippen LogP contribution in [0.15, 0.2) is 76.2 Å². The predicted molar refractivity (Wildman–Crippen MR) is 148 cm³/mol. The molecule has 4 rings (SSSR count). The summed E-state index contributed by atoms with van der Waals surface area (Å²) in [7, 11) is 0. The van der Waals surface area contributed by atoms with E-state index in [1.54, 1.807) is 30.3 Å². The Kier molecular flexibility index (Phi) is 7.63. The zero-order valence-corrected chi connectivity index (χ0v) is 25.0. The first-order chi connectivity index (χ1) is 16.5. The van der Waals surface area contributed by atoms with Gasteiger partial charge < -0.3 is 20.1 Å². The predicted octanol–water partition coefficient (Wildman–Crippen LogP) is 7.85. The summed E-state index contributed by atoms with van der Waals surface area (Å²) in [6, 6.07) is 10.6. The number of hydrogen-bond donors (Lipinski definition) is 3.